The first-order valence-electron chi connectivity index (χ1n) is 11.3. The molecule has 2 rings (SSSR count). The predicted molar refractivity (Wildman–Crippen MR) is 136 cm³/mol. The number of carbonyl (C=O) groups is 5. The van der Waals surface area contributed by atoms with Gasteiger partial charge in [-0.05, 0) is 24.0 Å². The van der Waals surface area contributed by atoms with Crippen LogP contribution in [0.25, 0.3) is 10.9 Å². The van der Waals surface area contributed by atoms with Gasteiger partial charge in [0.2, 0.25) is 23.6 Å². The lowest BCUT2D eigenvalue weighted by Crippen LogP contribution is -2.59. The molecule has 1 heterocycles. The molecule has 4 atom stereocenters. The van der Waals surface area contributed by atoms with E-state index in [-0.39, 0.29) is 12.2 Å². The summed E-state index contributed by atoms with van der Waals surface area (Å²) in [6.45, 7) is 3.28. The van der Waals surface area contributed by atoms with Crippen LogP contribution in [-0.2, 0) is 30.4 Å². The van der Waals surface area contributed by atoms with E-state index in [0.29, 0.717) is 0 Å². The summed E-state index contributed by atoms with van der Waals surface area (Å²) in [5.74, 6) is -5.02. The number of rotatable bonds is 13. The molecule has 0 spiro atoms. The molecular weight excluding hydrogens is 488 g/mol. The highest BCUT2D eigenvalue weighted by atomic mass is 32.1. The zero-order valence-electron chi connectivity index (χ0n) is 20.0. The van der Waals surface area contributed by atoms with Gasteiger partial charge in [0.15, 0.2) is 0 Å². The molecule has 0 radical (unpaired) electrons. The van der Waals surface area contributed by atoms with Gasteiger partial charge in [-0.25, -0.2) is 4.79 Å². The van der Waals surface area contributed by atoms with Crippen LogP contribution >= 0.6 is 12.6 Å². The lowest BCUT2D eigenvalue weighted by molar-refractivity contribution is -0.142. The second-order valence-corrected chi connectivity index (χ2v) is 9.08. The van der Waals surface area contributed by atoms with E-state index in [2.05, 4.69) is 33.6 Å². The van der Waals surface area contributed by atoms with Crippen LogP contribution in [0.3, 0.4) is 0 Å². The van der Waals surface area contributed by atoms with Crippen LogP contribution in [0.15, 0.2) is 30.5 Å². The molecule has 196 valence electrons. The van der Waals surface area contributed by atoms with E-state index < -0.39 is 66.1 Å². The van der Waals surface area contributed by atoms with Gasteiger partial charge in [-0.1, -0.05) is 32.0 Å². The number of nitrogens with two attached hydrogens (primary N) is 2. The lowest BCUT2D eigenvalue weighted by Gasteiger charge is -2.26. The number of carboxylic acids is 1. The van der Waals surface area contributed by atoms with Crippen molar-refractivity contribution < 1.29 is 29.1 Å². The SMILES string of the molecule is CC(C)C(NC(=O)C(CC(N)=O)NC(=O)C(N)Cc1c[nH]c2ccccc12)C(=O)NC(CS)C(=O)O. The van der Waals surface area contributed by atoms with E-state index in [1.54, 1.807) is 20.0 Å². The molecule has 0 saturated carbocycles. The summed E-state index contributed by atoms with van der Waals surface area (Å²) in [7, 11) is 0. The average molecular weight is 521 g/mol. The van der Waals surface area contributed by atoms with Gasteiger partial charge in [-0.2, -0.15) is 12.6 Å². The Labute approximate surface area is 213 Å². The van der Waals surface area contributed by atoms with Crippen molar-refractivity contribution in [1.29, 1.82) is 0 Å². The minimum atomic E-state index is -1.39. The second-order valence-electron chi connectivity index (χ2n) is 8.71. The average Bonchev–Trinajstić information content (AvgIpc) is 3.22. The molecule has 9 N–H and O–H groups in total. The maximum atomic E-state index is 12.9. The topological polar surface area (TPSA) is 209 Å². The van der Waals surface area contributed by atoms with Gasteiger partial charge in [0.1, 0.15) is 18.1 Å². The molecule has 0 aliphatic heterocycles. The third kappa shape index (κ3) is 7.71. The second kappa shape index (κ2) is 12.9. The van der Waals surface area contributed by atoms with E-state index in [9.17, 15) is 24.0 Å². The molecule has 1 aromatic heterocycles. The van der Waals surface area contributed by atoms with Crippen molar-refractivity contribution in [3.63, 3.8) is 0 Å². The molecule has 36 heavy (non-hydrogen) atoms. The van der Waals surface area contributed by atoms with Gasteiger partial charge in [0.25, 0.3) is 0 Å². The molecular formula is C23H32N6O6S. The van der Waals surface area contributed by atoms with Gasteiger partial charge in [0.05, 0.1) is 12.5 Å². The van der Waals surface area contributed by atoms with Crippen molar-refractivity contribution in [2.24, 2.45) is 17.4 Å². The first kappa shape index (κ1) is 28.7. The third-order valence-electron chi connectivity index (χ3n) is 5.53. The number of carbonyl (C=O) groups excluding carboxylic acids is 4. The number of H-pyrrole nitrogens is 1. The third-order valence-corrected chi connectivity index (χ3v) is 5.90. The van der Waals surface area contributed by atoms with Crippen LogP contribution in [0.5, 0.6) is 0 Å². The van der Waals surface area contributed by atoms with E-state index >= 15 is 0 Å². The summed E-state index contributed by atoms with van der Waals surface area (Å²) in [6, 6.07) is 2.65. The molecule has 13 heteroatoms. The summed E-state index contributed by atoms with van der Waals surface area (Å²) >= 11 is 3.90. The largest absolute Gasteiger partial charge is 0.480 e. The van der Waals surface area contributed by atoms with Gasteiger partial charge < -0.3 is 37.5 Å². The summed E-state index contributed by atoms with van der Waals surface area (Å²) in [6.07, 6.45) is 1.38. The van der Waals surface area contributed by atoms with Crippen molar-refractivity contribution in [2.45, 2.75) is 50.9 Å². The molecule has 2 aromatic rings. The maximum Gasteiger partial charge on any atom is 0.327 e. The highest BCUT2D eigenvalue weighted by Gasteiger charge is 2.32. The van der Waals surface area contributed by atoms with Gasteiger partial charge in [-0.3, -0.25) is 19.2 Å². The number of hydrogen-bond acceptors (Lipinski definition) is 7. The fourth-order valence-electron chi connectivity index (χ4n) is 3.56. The Morgan fingerprint density at radius 3 is 2.22 bits per heavy atom. The number of fused-ring (bicyclic) bond motifs is 1. The van der Waals surface area contributed by atoms with E-state index in [4.69, 9.17) is 16.6 Å². The molecule has 0 aliphatic rings. The smallest absolute Gasteiger partial charge is 0.327 e. The van der Waals surface area contributed by atoms with Crippen LogP contribution in [0.2, 0.25) is 0 Å². The zero-order chi connectivity index (χ0) is 27.0. The van der Waals surface area contributed by atoms with Crippen molar-refractivity contribution in [1.82, 2.24) is 20.9 Å². The van der Waals surface area contributed by atoms with Crippen LogP contribution < -0.4 is 27.4 Å². The summed E-state index contributed by atoms with van der Waals surface area (Å²) in [4.78, 5) is 64.3. The number of aromatic amines is 1. The molecule has 0 bridgehead atoms. The molecule has 0 fully saturated rings. The molecule has 0 aliphatic carbocycles. The summed E-state index contributed by atoms with van der Waals surface area (Å²) < 4.78 is 0. The standard InChI is InChI=1S/C23H32N6O6S/c1-11(2)19(22(33)28-17(10-36)23(34)35)29-21(32)16(8-18(25)30)27-20(31)14(24)7-12-9-26-15-6-4-3-5-13(12)15/h3-6,9,11,14,16-17,19,26,36H,7-8,10,24H2,1-2H3,(H2,25,30)(H,27,31)(H,28,33)(H,29,32)(H,34,35). The Kier molecular flexibility index (Phi) is 10.3. The van der Waals surface area contributed by atoms with Crippen LogP contribution in [0.4, 0.5) is 0 Å². The van der Waals surface area contributed by atoms with Gasteiger partial charge in [-0.15, -0.1) is 0 Å². The van der Waals surface area contributed by atoms with Crippen molar-refractivity contribution in [3.05, 3.63) is 36.0 Å². The number of carboxylic acid groups (broad SMARTS) is 1. The summed E-state index contributed by atoms with van der Waals surface area (Å²) in [5.41, 5.74) is 13.0. The first-order chi connectivity index (χ1) is 16.9. The predicted octanol–water partition coefficient (Wildman–Crippen LogP) is -0.962. The Morgan fingerprint density at radius 1 is 1.00 bits per heavy atom. The number of para-hydroxylation sites is 1. The number of aromatic nitrogens is 1. The molecule has 1 aromatic carbocycles. The lowest BCUT2D eigenvalue weighted by atomic mass is 10.0. The van der Waals surface area contributed by atoms with E-state index in [0.717, 1.165) is 16.5 Å². The minimum absolute atomic E-state index is 0.158. The number of thiol groups is 1. The fourth-order valence-corrected chi connectivity index (χ4v) is 3.80. The fraction of sp³-hybridized carbons (Fsp3) is 0.435. The Bertz CT molecular complexity index is 1120. The zero-order valence-corrected chi connectivity index (χ0v) is 20.9. The van der Waals surface area contributed by atoms with Gasteiger partial charge in [0, 0.05) is 22.9 Å². The number of nitrogens with one attached hydrogen (secondary N) is 4. The minimum Gasteiger partial charge on any atom is -0.480 e. The molecule has 0 saturated heterocycles. The van der Waals surface area contributed by atoms with Crippen LogP contribution in [-0.4, -0.2) is 69.6 Å². The monoisotopic (exact) mass is 520 g/mol. The van der Waals surface area contributed by atoms with Crippen molar-refractivity contribution >= 4 is 53.1 Å². The number of benzene rings is 1. The van der Waals surface area contributed by atoms with Gasteiger partial charge >= 0.3 is 5.97 Å². The number of hydrogen-bond donors (Lipinski definition) is 8. The maximum absolute atomic E-state index is 12.9. The Morgan fingerprint density at radius 2 is 1.64 bits per heavy atom. The quantitative estimate of drug-likeness (QED) is 0.155. The molecule has 12 nitrogen and oxygen atoms in total. The normalized spacial score (nSPS) is 14.5. The number of primary amides is 1. The summed E-state index contributed by atoms with van der Waals surface area (Å²) in [5, 5.41) is 17.3. The molecule has 4 amide bonds. The highest BCUT2D eigenvalue weighted by molar-refractivity contribution is 7.80. The highest BCUT2D eigenvalue weighted by Crippen LogP contribution is 2.18. The van der Waals surface area contributed by atoms with E-state index in [1.807, 2.05) is 24.3 Å². The number of amides is 4. The molecule has 4 unspecified atom stereocenters. The number of aliphatic carboxylic acids is 1. The van der Waals surface area contributed by atoms with Crippen molar-refractivity contribution in [3.8, 4) is 0 Å². The van der Waals surface area contributed by atoms with Crippen molar-refractivity contribution in [2.75, 3.05) is 5.75 Å². The Hall–Kier alpha value is -3.58. The van der Waals surface area contributed by atoms with Crippen LogP contribution in [0, 0.1) is 5.92 Å². The van der Waals surface area contributed by atoms with E-state index in [1.165, 1.54) is 0 Å². The first-order valence-corrected chi connectivity index (χ1v) is 11.9. The van der Waals surface area contributed by atoms with Crippen LogP contribution in [0.1, 0.15) is 25.8 Å². The Balaban J connectivity index is 2.11.